The number of carbonyl (C=O) groups is 5. The summed E-state index contributed by atoms with van der Waals surface area (Å²) in [5, 5.41) is 18.3. The summed E-state index contributed by atoms with van der Waals surface area (Å²) in [4.78, 5) is 65.1. The van der Waals surface area contributed by atoms with Crippen LogP contribution in [0.15, 0.2) is 0 Å². The van der Waals surface area contributed by atoms with Crippen LogP contribution in [0.1, 0.15) is 122 Å². The summed E-state index contributed by atoms with van der Waals surface area (Å²) in [6, 6.07) is -1.13. The number of carboxylic acid groups (broad SMARTS) is 1. The van der Waals surface area contributed by atoms with Gasteiger partial charge in [0.2, 0.25) is 0 Å². The fourth-order valence-electron chi connectivity index (χ4n) is 4.48. The van der Waals surface area contributed by atoms with Gasteiger partial charge in [-0.1, -0.05) is 0 Å². The van der Waals surface area contributed by atoms with E-state index >= 15 is 0 Å². The molecule has 0 fully saturated rings. The molecular weight excluding hydrogens is 650 g/mol. The largest absolute Gasteiger partial charge is 0.480 e. The fraction of sp³-hybridized carbons (Fsp3) is 0.857. The molecule has 0 heterocycles. The van der Waals surface area contributed by atoms with Crippen molar-refractivity contribution in [2.75, 3.05) is 45.8 Å². The van der Waals surface area contributed by atoms with E-state index in [0.717, 1.165) is 0 Å². The molecule has 50 heavy (non-hydrogen) atoms. The summed E-state index contributed by atoms with van der Waals surface area (Å²) in [5.74, 6) is -1.14. The predicted molar refractivity (Wildman–Crippen MR) is 191 cm³/mol. The lowest BCUT2D eigenvalue weighted by molar-refractivity contribution is -0.143. The van der Waals surface area contributed by atoms with Crippen LogP contribution in [0.5, 0.6) is 0 Å². The van der Waals surface area contributed by atoms with E-state index < -0.39 is 58.8 Å². The molecule has 0 aliphatic carbocycles. The second-order valence-corrected chi connectivity index (χ2v) is 16.2. The number of rotatable bonds is 19. The number of amides is 4. The van der Waals surface area contributed by atoms with Crippen molar-refractivity contribution in [2.24, 2.45) is 0 Å². The zero-order chi connectivity index (χ0) is 38.8. The van der Waals surface area contributed by atoms with Gasteiger partial charge in [0.25, 0.3) is 0 Å². The molecule has 292 valence electrons. The molecule has 0 saturated heterocycles. The zero-order valence-corrected chi connectivity index (χ0v) is 32.8. The van der Waals surface area contributed by atoms with Gasteiger partial charge in [0, 0.05) is 26.2 Å². The minimum Gasteiger partial charge on any atom is -0.480 e. The van der Waals surface area contributed by atoms with Crippen LogP contribution in [-0.2, 0) is 23.7 Å². The van der Waals surface area contributed by atoms with Crippen molar-refractivity contribution in [2.45, 2.75) is 150 Å². The quantitative estimate of drug-likeness (QED) is 0.0922. The first-order chi connectivity index (χ1) is 22.8. The van der Waals surface area contributed by atoms with Gasteiger partial charge in [0.05, 0.1) is 0 Å². The summed E-state index contributed by atoms with van der Waals surface area (Å²) in [6.07, 6.45) is 0.648. The Kier molecular flexibility index (Phi) is 20.2. The Hall–Kier alpha value is -3.49. The minimum absolute atomic E-state index is 0.0586. The SMILES string of the molecule is CC(C)(C)OC(=O)NCCCN(CCCC[C@@H](C(=O)O)N(CCCNC(=O)OC(C)(C)C)C(=O)OC(C)(C)C)CCCNC(=O)OC(C)(C)C. The molecule has 0 aromatic carbocycles. The van der Waals surface area contributed by atoms with Gasteiger partial charge in [0.15, 0.2) is 0 Å². The van der Waals surface area contributed by atoms with E-state index in [9.17, 15) is 29.1 Å². The monoisotopic (exact) mass is 717 g/mol. The van der Waals surface area contributed by atoms with Crippen molar-refractivity contribution in [3.8, 4) is 0 Å². The second kappa shape index (κ2) is 21.7. The highest BCUT2D eigenvalue weighted by Gasteiger charge is 2.32. The molecule has 15 nitrogen and oxygen atoms in total. The molecule has 0 saturated carbocycles. The van der Waals surface area contributed by atoms with Crippen molar-refractivity contribution < 1.29 is 48.0 Å². The highest BCUT2D eigenvalue weighted by atomic mass is 16.6. The maximum absolute atomic E-state index is 13.1. The first-order valence-electron chi connectivity index (χ1n) is 17.6. The van der Waals surface area contributed by atoms with E-state index in [2.05, 4.69) is 20.9 Å². The molecule has 0 spiro atoms. The Morgan fingerprint density at radius 3 is 1.20 bits per heavy atom. The third kappa shape index (κ3) is 26.4. The number of hydrogen-bond donors (Lipinski definition) is 4. The molecular formula is C35H67N5O10. The van der Waals surface area contributed by atoms with Crippen molar-refractivity contribution in [3.63, 3.8) is 0 Å². The van der Waals surface area contributed by atoms with Crippen molar-refractivity contribution in [1.82, 2.24) is 25.8 Å². The molecule has 0 unspecified atom stereocenters. The normalized spacial score (nSPS) is 12.8. The number of aliphatic carboxylic acids is 1. The van der Waals surface area contributed by atoms with Gasteiger partial charge in [0.1, 0.15) is 28.4 Å². The van der Waals surface area contributed by atoms with Crippen LogP contribution in [0.25, 0.3) is 0 Å². The average molecular weight is 718 g/mol. The molecule has 1 atom stereocenters. The number of ether oxygens (including phenoxy) is 4. The minimum atomic E-state index is -1.14. The molecule has 0 bridgehead atoms. The Balaban J connectivity index is 5.35. The number of nitrogens with zero attached hydrogens (tertiary/aromatic N) is 2. The average Bonchev–Trinajstić information content (AvgIpc) is 2.89. The number of carbonyl (C=O) groups excluding carboxylic acids is 4. The Morgan fingerprint density at radius 2 is 0.860 bits per heavy atom. The Labute approximate surface area is 299 Å². The maximum Gasteiger partial charge on any atom is 0.411 e. The highest BCUT2D eigenvalue weighted by molar-refractivity contribution is 5.80. The summed E-state index contributed by atoms with van der Waals surface area (Å²) < 4.78 is 21.4. The Morgan fingerprint density at radius 1 is 0.520 bits per heavy atom. The van der Waals surface area contributed by atoms with Gasteiger partial charge >= 0.3 is 30.3 Å². The van der Waals surface area contributed by atoms with E-state index in [4.69, 9.17) is 18.9 Å². The molecule has 4 amide bonds. The standard InChI is InChI=1S/C35H67N5O10/c1-32(2,3)47-28(43)36-19-15-23-39(24-16-20-37-29(44)48-33(4,5)6)22-14-13-18-26(27(41)42)40(31(46)50-35(10,11)12)25-17-21-38-30(45)49-34(7,8)9/h26H,13-25H2,1-12H3,(H,36,43)(H,37,44)(H,38,45)(H,41,42)/t26-/m0/s1. The molecule has 0 aliphatic heterocycles. The fourth-order valence-corrected chi connectivity index (χ4v) is 4.48. The second-order valence-electron chi connectivity index (χ2n) is 16.2. The first kappa shape index (κ1) is 46.5. The van der Waals surface area contributed by atoms with Crippen LogP contribution in [0, 0.1) is 0 Å². The van der Waals surface area contributed by atoms with Crippen LogP contribution in [0.4, 0.5) is 19.2 Å². The van der Waals surface area contributed by atoms with Gasteiger partial charge in [-0.2, -0.15) is 0 Å². The van der Waals surface area contributed by atoms with E-state index in [1.54, 1.807) is 83.1 Å². The zero-order valence-electron chi connectivity index (χ0n) is 32.8. The lowest BCUT2D eigenvalue weighted by Gasteiger charge is -2.32. The third-order valence-corrected chi connectivity index (χ3v) is 6.37. The van der Waals surface area contributed by atoms with Gasteiger partial charge in [-0.15, -0.1) is 0 Å². The van der Waals surface area contributed by atoms with Crippen molar-refractivity contribution in [1.29, 1.82) is 0 Å². The number of carboxylic acids is 1. The van der Waals surface area contributed by atoms with Crippen molar-refractivity contribution >= 4 is 30.3 Å². The number of nitrogens with one attached hydrogen (secondary N) is 3. The van der Waals surface area contributed by atoms with E-state index in [1.807, 2.05) is 0 Å². The van der Waals surface area contributed by atoms with Crippen LogP contribution in [0.2, 0.25) is 0 Å². The lowest BCUT2D eigenvalue weighted by Crippen LogP contribution is -2.48. The topological polar surface area (TPSA) is 185 Å². The lowest BCUT2D eigenvalue weighted by atomic mass is 10.1. The van der Waals surface area contributed by atoms with Crippen molar-refractivity contribution in [3.05, 3.63) is 0 Å². The number of alkyl carbamates (subject to hydrolysis) is 3. The van der Waals surface area contributed by atoms with Crippen LogP contribution in [-0.4, -0.2) is 120 Å². The molecule has 0 rings (SSSR count). The molecule has 0 aromatic heterocycles. The maximum atomic E-state index is 13.1. The van der Waals surface area contributed by atoms with E-state index in [1.165, 1.54) is 4.90 Å². The predicted octanol–water partition coefficient (Wildman–Crippen LogP) is 5.89. The molecule has 15 heteroatoms. The molecule has 0 aliphatic rings. The summed E-state index contributed by atoms with van der Waals surface area (Å²) in [6.45, 7) is 24.2. The van der Waals surface area contributed by atoms with Gasteiger partial charge in [-0.25, -0.2) is 24.0 Å². The summed E-state index contributed by atoms with van der Waals surface area (Å²) in [7, 11) is 0. The molecule has 0 radical (unpaired) electrons. The molecule has 4 N–H and O–H groups in total. The van der Waals surface area contributed by atoms with Crippen LogP contribution in [0.3, 0.4) is 0 Å². The summed E-state index contributed by atoms with van der Waals surface area (Å²) >= 11 is 0. The van der Waals surface area contributed by atoms with Gasteiger partial charge in [-0.05, 0) is 141 Å². The number of hydrogen-bond acceptors (Lipinski definition) is 10. The summed E-state index contributed by atoms with van der Waals surface area (Å²) in [5.41, 5.74) is -2.68. The van der Waals surface area contributed by atoms with Crippen LogP contribution < -0.4 is 16.0 Å². The van der Waals surface area contributed by atoms with Crippen LogP contribution >= 0.6 is 0 Å². The van der Waals surface area contributed by atoms with E-state index in [-0.39, 0.29) is 19.5 Å². The Bertz CT molecular complexity index is 1020. The van der Waals surface area contributed by atoms with Gasteiger partial charge < -0.3 is 44.9 Å². The third-order valence-electron chi connectivity index (χ3n) is 6.37. The molecule has 0 aromatic rings. The van der Waals surface area contributed by atoms with Gasteiger partial charge in [-0.3, -0.25) is 4.90 Å². The number of unbranched alkanes of at least 4 members (excludes halogenated alkanes) is 1. The highest BCUT2D eigenvalue weighted by Crippen LogP contribution is 2.17. The first-order valence-corrected chi connectivity index (χ1v) is 17.6. The van der Waals surface area contributed by atoms with E-state index in [0.29, 0.717) is 64.8 Å². The smallest absolute Gasteiger partial charge is 0.411 e.